The van der Waals surface area contributed by atoms with Crippen LogP contribution in [0.1, 0.15) is 17.3 Å². The number of aromatic nitrogens is 1. The lowest BCUT2D eigenvalue weighted by molar-refractivity contribution is 0.101. The SMILES string of the molecule is CC(=O)c1ccc(Nc2nc(-c3ccco3)cs2)cc1. The molecule has 0 unspecified atom stereocenters. The molecule has 1 aromatic carbocycles. The average Bonchev–Trinajstić information content (AvgIpc) is 3.09. The predicted octanol–water partition coefficient (Wildman–Crippen LogP) is 4.35. The minimum atomic E-state index is 0.0610. The molecule has 3 aromatic rings. The molecule has 0 bridgehead atoms. The number of anilines is 2. The van der Waals surface area contributed by atoms with Gasteiger partial charge in [0.25, 0.3) is 0 Å². The van der Waals surface area contributed by atoms with Gasteiger partial charge in [-0.05, 0) is 43.3 Å². The number of hydrogen-bond donors (Lipinski definition) is 1. The smallest absolute Gasteiger partial charge is 0.187 e. The Labute approximate surface area is 120 Å². The molecule has 0 aliphatic carbocycles. The van der Waals surface area contributed by atoms with Crippen LogP contribution in [0.15, 0.2) is 52.5 Å². The molecule has 0 saturated carbocycles. The molecule has 2 heterocycles. The summed E-state index contributed by atoms with van der Waals surface area (Å²) in [6, 6.07) is 11.0. The second-order valence-electron chi connectivity index (χ2n) is 4.27. The predicted molar refractivity (Wildman–Crippen MR) is 79.5 cm³/mol. The van der Waals surface area contributed by atoms with E-state index in [4.69, 9.17) is 4.42 Å². The molecule has 0 aliphatic rings. The van der Waals surface area contributed by atoms with Crippen molar-refractivity contribution >= 4 is 27.9 Å². The second-order valence-corrected chi connectivity index (χ2v) is 5.13. The number of Topliss-reactive ketones (excluding diaryl/α,β-unsaturated/α-hetero) is 1. The lowest BCUT2D eigenvalue weighted by Crippen LogP contribution is -1.93. The summed E-state index contributed by atoms with van der Waals surface area (Å²) in [7, 11) is 0. The summed E-state index contributed by atoms with van der Waals surface area (Å²) in [5, 5.41) is 5.93. The van der Waals surface area contributed by atoms with Crippen molar-refractivity contribution in [2.75, 3.05) is 5.32 Å². The zero-order valence-corrected chi connectivity index (χ0v) is 11.6. The van der Waals surface area contributed by atoms with E-state index >= 15 is 0 Å². The van der Waals surface area contributed by atoms with E-state index < -0.39 is 0 Å². The maximum absolute atomic E-state index is 11.2. The van der Waals surface area contributed by atoms with Gasteiger partial charge < -0.3 is 9.73 Å². The summed E-state index contributed by atoms with van der Waals surface area (Å²) in [4.78, 5) is 15.7. The van der Waals surface area contributed by atoms with Crippen molar-refractivity contribution in [3.05, 3.63) is 53.6 Å². The van der Waals surface area contributed by atoms with Crippen LogP contribution in [-0.2, 0) is 0 Å². The van der Waals surface area contributed by atoms with Crippen LogP contribution in [0.5, 0.6) is 0 Å². The van der Waals surface area contributed by atoms with Crippen LogP contribution in [0.4, 0.5) is 10.8 Å². The average molecular weight is 284 g/mol. The van der Waals surface area contributed by atoms with Crippen LogP contribution in [0.25, 0.3) is 11.5 Å². The molecule has 0 fully saturated rings. The molecule has 0 radical (unpaired) electrons. The molecule has 0 spiro atoms. The second kappa shape index (κ2) is 5.30. The first-order valence-corrected chi connectivity index (χ1v) is 6.98. The van der Waals surface area contributed by atoms with Gasteiger partial charge in [0.2, 0.25) is 0 Å². The zero-order valence-electron chi connectivity index (χ0n) is 10.8. The molecule has 20 heavy (non-hydrogen) atoms. The van der Waals surface area contributed by atoms with Crippen LogP contribution in [0, 0.1) is 0 Å². The number of hydrogen-bond acceptors (Lipinski definition) is 5. The summed E-state index contributed by atoms with van der Waals surface area (Å²) in [5.41, 5.74) is 2.41. The highest BCUT2D eigenvalue weighted by molar-refractivity contribution is 7.14. The van der Waals surface area contributed by atoms with Crippen molar-refractivity contribution in [2.24, 2.45) is 0 Å². The van der Waals surface area contributed by atoms with Gasteiger partial charge in [0.1, 0.15) is 5.69 Å². The summed E-state index contributed by atoms with van der Waals surface area (Å²) in [6.45, 7) is 1.55. The molecule has 0 saturated heterocycles. The van der Waals surface area contributed by atoms with Gasteiger partial charge in [-0.2, -0.15) is 0 Å². The molecule has 2 aromatic heterocycles. The van der Waals surface area contributed by atoms with Crippen molar-refractivity contribution in [3.63, 3.8) is 0 Å². The summed E-state index contributed by atoms with van der Waals surface area (Å²) >= 11 is 1.50. The van der Waals surface area contributed by atoms with Crippen molar-refractivity contribution in [1.82, 2.24) is 4.98 Å². The zero-order chi connectivity index (χ0) is 13.9. The molecule has 5 heteroatoms. The highest BCUT2D eigenvalue weighted by Crippen LogP contribution is 2.27. The Kier molecular flexibility index (Phi) is 3.35. The van der Waals surface area contributed by atoms with Gasteiger partial charge in [0, 0.05) is 16.6 Å². The summed E-state index contributed by atoms with van der Waals surface area (Å²) < 4.78 is 5.30. The van der Waals surface area contributed by atoms with Gasteiger partial charge >= 0.3 is 0 Å². The minimum Gasteiger partial charge on any atom is -0.463 e. The highest BCUT2D eigenvalue weighted by Gasteiger charge is 2.07. The van der Waals surface area contributed by atoms with Gasteiger partial charge in [0.05, 0.1) is 6.26 Å². The minimum absolute atomic E-state index is 0.0610. The third kappa shape index (κ3) is 2.62. The Morgan fingerprint density at radius 2 is 2.05 bits per heavy atom. The Morgan fingerprint density at radius 1 is 1.25 bits per heavy atom. The monoisotopic (exact) mass is 284 g/mol. The highest BCUT2D eigenvalue weighted by atomic mass is 32.1. The normalized spacial score (nSPS) is 10.4. The topological polar surface area (TPSA) is 55.1 Å². The number of rotatable bonds is 4. The Bertz CT molecular complexity index is 715. The molecular weight excluding hydrogens is 272 g/mol. The summed E-state index contributed by atoms with van der Waals surface area (Å²) in [5.74, 6) is 0.812. The third-order valence-corrected chi connectivity index (χ3v) is 3.58. The quantitative estimate of drug-likeness (QED) is 0.724. The fourth-order valence-electron chi connectivity index (χ4n) is 1.78. The fraction of sp³-hybridized carbons (Fsp3) is 0.0667. The van der Waals surface area contributed by atoms with Crippen molar-refractivity contribution in [2.45, 2.75) is 6.92 Å². The lowest BCUT2D eigenvalue weighted by Gasteiger charge is -2.02. The van der Waals surface area contributed by atoms with Crippen LogP contribution >= 0.6 is 11.3 Å². The number of carbonyl (C=O) groups excluding carboxylic acids is 1. The van der Waals surface area contributed by atoms with Crippen LogP contribution in [-0.4, -0.2) is 10.8 Å². The van der Waals surface area contributed by atoms with E-state index in [0.29, 0.717) is 5.56 Å². The summed E-state index contributed by atoms with van der Waals surface area (Å²) in [6.07, 6.45) is 1.63. The van der Waals surface area contributed by atoms with E-state index in [1.54, 1.807) is 25.3 Å². The molecular formula is C15H12N2O2S. The lowest BCUT2D eigenvalue weighted by atomic mass is 10.1. The maximum atomic E-state index is 11.2. The van der Waals surface area contributed by atoms with Gasteiger partial charge in [-0.1, -0.05) is 0 Å². The molecule has 4 nitrogen and oxygen atoms in total. The fourth-order valence-corrected chi connectivity index (χ4v) is 2.50. The maximum Gasteiger partial charge on any atom is 0.187 e. The first-order chi connectivity index (χ1) is 9.72. The molecule has 0 atom stereocenters. The molecule has 100 valence electrons. The molecule has 0 aliphatic heterocycles. The number of carbonyl (C=O) groups is 1. The van der Waals surface area contributed by atoms with Crippen LogP contribution in [0.3, 0.4) is 0 Å². The Morgan fingerprint density at radius 3 is 2.70 bits per heavy atom. The molecule has 3 rings (SSSR count). The van der Waals surface area contributed by atoms with E-state index in [-0.39, 0.29) is 5.78 Å². The largest absolute Gasteiger partial charge is 0.463 e. The number of nitrogens with one attached hydrogen (secondary N) is 1. The molecule has 1 N–H and O–H groups in total. The van der Waals surface area contributed by atoms with E-state index in [1.165, 1.54) is 11.3 Å². The van der Waals surface area contributed by atoms with Gasteiger partial charge in [-0.25, -0.2) is 4.98 Å². The van der Waals surface area contributed by atoms with Gasteiger partial charge in [-0.15, -0.1) is 11.3 Å². The van der Waals surface area contributed by atoms with Crippen LogP contribution < -0.4 is 5.32 Å². The van der Waals surface area contributed by atoms with Crippen LogP contribution in [0.2, 0.25) is 0 Å². The number of benzene rings is 1. The number of ketones is 1. The molecule has 0 amide bonds. The Balaban J connectivity index is 1.76. The van der Waals surface area contributed by atoms with Crippen molar-refractivity contribution < 1.29 is 9.21 Å². The number of thiazole rings is 1. The van der Waals surface area contributed by atoms with Gasteiger partial charge in [0.15, 0.2) is 16.7 Å². The number of nitrogens with zero attached hydrogens (tertiary/aromatic N) is 1. The standard InChI is InChI=1S/C15H12N2O2S/c1-10(18)11-4-6-12(7-5-11)16-15-17-13(9-20-15)14-3-2-8-19-14/h2-9H,1H3,(H,16,17). The van der Waals surface area contributed by atoms with E-state index in [0.717, 1.165) is 22.3 Å². The van der Waals surface area contributed by atoms with Gasteiger partial charge in [-0.3, -0.25) is 4.79 Å². The van der Waals surface area contributed by atoms with E-state index in [2.05, 4.69) is 10.3 Å². The van der Waals surface area contributed by atoms with E-state index in [9.17, 15) is 4.79 Å². The first-order valence-electron chi connectivity index (χ1n) is 6.10. The van der Waals surface area contributed by atoms with E-state index in [1.807, 2.05) is 29.6 Å². The van der Waals surface area contributed by atoms with Crippen molar-refractivity contribution in [1.29, 1.82) is 0 Å². The number of furan rings is 1. The first kappa shape index (κ1) is 12.6. The Hall–Kier alpha value is -2.40. The van der Waals surface area contributed by atoms with Crippen molar-refractivity contribution in [3.8, 4) is 11.5 Å². The third-order valence-electron chi connectivity index (χ3n) is 2.82.